The van der Waals surface area contributed by atoms with Crippen LogP contribution in [0.4, 0.5) is 0 Å². The Kier molecular flexibility index (Phi) is 5.01. The number of rotatable bonds is 4. The Balaban J connectivity index is 2.02. The third kappa shape index (κ3) is 3.23. The van der Waals surface area contributed by atoms with E-state index in [1.165, 1.54) is 32.1 Å². The van der Waals surface area contributed by atoms with Crippen LogP contribution in [-0.2, 0) is 4.79 Å². The first kappa shape index (κ1) is 13.8. The number of nitrogens with zero attached hydrogens (tertiary/aromatic N) is 1. The van der Waals surface area contributed by atoms with Crippen molar-refractivity contribution in [1.29, 1.82) is 0 Å². The summed E-state index contributed by atoms with van der Waals surface area (Å²) in [4.78, 5) is 14.7. The van der Waals surface area contributed by atoms with Crippen molar-refractivity contribution in [3.8, 4) is 0 Å². The molecule has 0 spiro atoms. The van der Waals surface area contributed by atoms with Gasteiger partial charge >= 0.3 is 0 Å². The Labute approximate surface area is 110 Å². The van der Waals surface area contributed by atoms with Gasteiger partial charge in [-0.1, -0.05) is 19.3 Å². The lowest BCUT2D eigenvalue weighted by molar-refractivity contribution is -0.132. The fourth-order valence-electron chi connectivity index (χ4n) is 3.37. The molecule has 0 bridgehead atoms. The van der Waals surface area contributed by atoms with Crippen LogP contribution in [0.25, 0.3) is 0 Å². The highest BCUT2D eigenvalue weighted by Gasteiger charge is 2.36. The lowest BCUT2D eigenvalue weighted by Crippen LogP contribution is -2.62. The van der Waals surface area contributed by atoms with Crippen LogP contribution >= 0.6 is 0 Å². The molecule has 0 radical (unpaired) electrons. The van der Waals surface area contributed by atoms with E-state index in [2.05, 4.69) is 22.5 Å². The van der Waals surface area contributed by atoms with Gasteiger partial charge < -0.3 is 10.6 Å². The van der Waals surface area contributed by atoms with E-state index < -0.39 is 0 Å². The van der Waals surface area contributed by atoms with Crippen molar-refractivity contribution in [2.75, 3.05) is 20.1 Å². The van der Waals surface area contributed by atoms with Crippen LogP contribution < -0.4 is 10.6 Å². The van der Waals surface area contributed by atoms with Crippen molar-refractivity contribution in [2.45, 2.75) is 63.6 Å². The summed E-state index contributed by atoms with van der Waals surface area (Å²) < 4.78 is 0. The monoisotopic (exact) mass is 253 g/mol. The smallest absolute Gasteiger partial charge is 0.237 e. The third-order valence-electron chi connectivity index (χ3n) is 4.29. The molecule has 18 heavy (non-hydrogen) atoms. The van der Waals surface area contributed by atoms with E-state index in [0.717, 1.165) is 19.5 Å². The summed E-state index contributed by atoms with van der Waals surface area (Å²) in [5.41, 5.74) is 0. The number of hydrogen-bond donors (Lipinski definition) is 2. The van der Waals surface area contributed by atoms with Crippen LogP contribution in [0.5, 0.6) is 0 Å². The highest BCUT2D eigenvalue weighted by atomic mass is 16.2. The molecule has 0 aromatic heterocycles. The summed E-state index contributed by atoms with van der Waals surface area (Å²) in [5, 5.41) is 6.26. The van der Waals surface area contributed by atoms with Crippen molar-refractivity contribution in [3.63, 3.8) is 0 Å². The number of nitrogens with one attached hydrogen (secondary N) is 2. The highest BCUT2D eigenvalue weighted by Crippen LogP contribution is 2.26. The van der Waals surface area contributed by atoms with Gasteiger partial charge in [0.05, 0.1) is 6.04 Å². The van der Waals surface area contributed by atoms with Gasteiger partial charge in [0.2, 0.25) is 5.91 Å². The van der Waals surface area contributed by atoms with Gasteiger partial charge in [-0.3, -0.25) is 9.69 Å². The minimum Gasteiger partial charge on any atom is -0.351 e. The zero-order chi connectivity index (χ0) is 13.0. The van der Waals surface area contributed by atoms with Crippen LogP contribution in [0, 0.1) is 0 Å². The summed E-state index contributed by atoms with van der Waals surface area (Å²) in [6.07, 6.45) is 7.50. The summed E-state index contributed by atoms with van der Waals surface area (Å²) in [6, 6.07) is 1.01. The first-order valence-corrected chi connectivity index (χ1v) is 7.43. The molecule has 2 unspecified atom stereocenters. The zero-order valence-electron chi connectivity index (χ0n) is 11.7. The van der Waals surface area contributed by atoms with Gasteiger partial charge in [-0.2, -0.15) is 0 Å². The zero-order valence-corrected chi connectivity index (χ0v) is 11.7. The molecule has 104 valence electrons. The van der Waals surface area contributed by atoms with Crippen molar-refractivity contribution < 1.29 is 4.79 Å². The molecule has 2 fully saturated rings. The van der Waals surface area contributed by atoms with Crippen molar-refractivity contribution in [1.82, 2.24) is 15.5 Å². The molecular weight excluding hydrogens is 226 g/mol. The standard InChI is InChI=1S/C14H27N3O/c1-11-10-17(12-6-4-3-5-7-12)13(8-9-15-2)14(18)16-11/h11-13,15H,3-10H2,1-2H3,(H,16,18). The summed E-state index contributed by atoms with van der Waals surface area (Å²) >= 11 is 0. The Morgan fingerprint density at radius 3 is 2.72 bits per heavy atom. The molecule has 0 aromatic carbocycles. The number of piperazine rings is 1. The second kappa shape index (κ2) is 6.53. The maximum absolute atomic E-state index is 12.2. The Morgan fingerprint density at radius 2 is 2.06 bits per heavy atom. The van der Waals surface area contributed by atoms with E-state index in [4.69, 9.17) is 0 Å². The van der Waals surface area contributed by atoms with Gasteiger partial charge in [0.25, 0.3) is 0 Å². The predicted molar refractivity (Wildman–Crippen MR) is 73.5 cm³/mol. The highest BCUT2D eigenvalue weighted by molar-refractivity contribution is 5.82. The van der Waals surface area contributed by atoms with E-state index in [-0.39, 0.29) is 11.9 Å². The largest absolute Gasteiger partial charge is 0.351 e. The molecule has 1 aliphatic carbocycles. The van der Waals surface area contributed by atoms with Gasteiger partial charge in [-0.05, 0) is 39.8 Å². The first-order chi connectivity index (χ1) is 8.72. The fraction of sp³-hybridized carbons (Fsp3) is 0.929. The van der Waals surface area contributed by atoms with E-state index in [0.29, 0.717) is 12.1 Å². The average Bonchev–Trinajstić information content (AvgIpc) is 2.38. The molecule has 1 amide bonds. The van der Waals surface area contributed by atoms with Gasteiger partial charge in [0.15, 0.2) is 0 Å². The van der Waals surface area contributed by atoms with Crippen molar-refractivity contribution >= 4 is 5.91 Å². The molecule has 1 aliphatic heterocycles. The molecule has 1 saturated heterocycles. The van der Waals surface area contributed by atoms with Crippen LogP contribution in [0.2, 0.25) is 0 Å². The Morgan fingerprint density at radius 1 is 1.33 bits per heavy atom. The third-order valence-corrected chi connectivity index (χ3v) is 4.29. The van der Waals surface area contributed by atoms with Crippen molar-refractivity contribution in [2.24, 2.45) is 0 Å². The van der Waals surface area contributed by atoms with Crippen LogP contribution in [-0.4, -0.2) is 49.1 Å². The molecule has 4 nitrogen and oxygen atoms in total. The van der Waals surface area contributed by atoms with Crippen LogP contribution in [0.1, 0.15) is 45.4 Å². The van der Waals surface area contributed by atoms with Gasteiger partial charge in [-0.15, -0.1) is 0 Å². The first-order valence-electron chi connectivity index (χ1n) is 7.43. The van der Waals surface area contributed by atoms with E-state index in [9.17, 15) is 4.79 Å². The maximum Gasteiger partial charge on any atom is 0.237 e. The van der Waals surface area contributed by atoms with Crippen molar-refractivity contribution in [3.05, 3.63) is 0 Å². The molecule has 0 aromatic rings. The number of carbonyl (C=O) groups is 1. The fourth-order valence-corrected chi connectivity index (χ4v) is 3.37. The molecule has 1 saturated carbocycles. The molecular formula is C14H27N3O. The minimum atomic E-state index is 0.0803. The Hall–Kier alpha value is -0.610. The summed E-state index contributed by atoms with van der Waals surface area (Å²) in [5.74, 6) is 0.231. The average molecular weight is 253 g/mol. The lowest BCUT2D eigenvalue weighted by Gasteiger charge is -2.44. The summed E-state index contributed by atoms with van der Waals surface area (Å²) in [6.45, 7) is 4.04. The quantitative estimate of drug-likeness (QED) is 0.789. The molecule has 1 heterocycles. The van der Waals surface area contributed by atoms with Gasteiger partial charge in [0.1, 0.15) is 0 Å². The second-order valence-electron chi connectivity index (χ2n) is 5.81. The minimum absolute atomic E-state index is 0.0803. The molecule has 2 aliphatic rings. The van der Waals surface area contributed by atoms with Crippen LogP contribution in [0.15, 0.2) is 0 Å². The maximum atomic E-state index is 12.2. The molecule has 2 N–H and O–H groups in total. The second-order valence-corrected chi connectivity index (χ2v) is 5.81. The number of amides is 1. The van der Waals surface area contributed by atoms with E-state index in [1.54, 1.807) is 0 Å². The topological polar surface area (TPSA) is 44.4 Å². The van der Waals surface area contributed by atoms with Crippen LogP contribution in [0.3, 0.4) is 0 Å². The van der Waals surface area contributed by atoms with E-state index in [1.807, 2.05) is 7.05 Å². The number of carbonyl (C=O) groups excluding carboxylic acids is 1. The molecule has 2 atom stereocenters. The Bertz CT molecular complexity index is 276. The molecule has 2 rings (SSSR count). The lowest BCUT2D eigenvalue weighted by atomic mass is 9.91. The predicted octanol–water partition coefficient (Wildman–Crippen LogP) is 1.12. The normalized spacial score (nSPS) is 31.3. The van der Waals surface area contributed by atoms with E-state index >= 15 is 0 Å². The SMILES string of the molecule is CNCCC1C(=O)NC(C)CN1C1CCCCC1. The number of hydrogen-bond acceptors (Lipinski definition) is 3. The van der Waals surface area contributed by atoms with Gasteiger partial charge in [0, 0.05) is 18.6 Å². The molecule has 4 heteroatoms. The van der Waals surface area contributed by atoms with Gasteiger partial charge in [-0.25, -0.2) is 0 Å². The summed E-state index contributed by atoms with van der Waals surface area (Å²) in [7, 11) is 1.95.